The van der Waals surface area contributed by atoms with Crippen molar-refractivity contribution in [2.75, 3.05) is 45.7 Å². The Balaban J connectivity index is 1.91. The van der Waals surface area contributed by atoms with Gasteiger partial charge in [0.05, 0.1) is 17.9 Å². The third kappa shape index (κ3) is 6.11. The van der Waals surface area contributed by atoms with E-state index < -0.39 is 5.91 Å². The lowest BCUT2D eigenvalue weighted by molar-refractivity contribution is 0.0108. The Kier molecular flexibility index (Phi) is 8.46. The van der Waals surface area contributed by atoms with Crippen molar-refractivity contribution in [3.63, 3.8) is 0 Å². The lowest BCUT2D eigenvalue weighted by Crippen LogP contribution is -2.46. The highest BCUT2D eigenvalue weighted by Crippen LogP contribution is 2.26. The highest BCUT2D eigenvalue weighted by atomic mass is 16.5. The van der Waals surface area contributed by atoms with Gasteiger partial charge in [-0.15, -0.1) is 0 Å². The number of methoxy groups -OCH3 is 1. The number of ether oxygens (including phenoxy) is 2. The van der Waals surface area contributed by atoms with Crippen LogP contribution in [-0.2, 0) is 4.74 Å². The molecule has 0 fully saturated rings. The van der Waals surface area contributed by atoms with Crippen molar-refractivity contribution in [1.29, 1.82) is 0 Å². The second-order valence-corrected chi connectivity index (χ2v) is 8.63. The highest BCUT2D eigenvalue weighted by Gasteiger charge is 2.28. The molecule has 1 N–H and O–H groups in total. The number of fused-ring (bicyclic) bond motifs is 1. The summed E-state index contributed by atoms with van der Waals surface area (Å²) in [5, 5.41) is 6.29. The number of likely N-dealkylation sites (N-methyl/N-ethyl adjacent to an activating group) is 1. The number of benzene rings is 1. The van der Waals surface area contributed by atoms with Gasteiger partial charge in [-0.05, 0) is 44.0 Å². The summed E-state index contributed by atoms with van der Waals surface area (Å²) in [6.45, 7) is 9.16. The molecule has 1 aromatic heterocycles. The lowest BCUT2D eigenvalue weighted by atomic mass is 10.0. The molecule has 0 saturated heterocycles. The minimum absolute atomic E-state index is 0.0872. The van der Waals surface area contributed by atoms with Gasteiger partial charge in [-0.2, -0.15) is 0 Å². The van der Waals surface area contributed by atoms with Crippen LogP contribution in [-0.4, -0.2) is 79.3 Å². The second kappa shape index (κ2) is 11.3. The maximum atomic E-state index is 13.4. The van der Waals surface area contributed by atoms with Gasteiger partial charge in [0.15, 0.2) is 0 Å². The van der Waals surface area contributed by atoms with Crippen LogP contribution in [0.1, 0.15) is 48.1 Å². The summed E-state index contributed by atoms with van der Waals surface area (Å²) in [6.07, 6.45) is 2.33. The van der Waals surface area contributed by atoms with E-state index in [4.69, 9.17) is 14.0 Å². The molecule has 2 heterocycles. The molecule has 0 spiro atoms. The molecule has 1 aliphatic rings. The predicted molar refractivity (Wildman–Crippen MR) is 125 cm³/mol. The van der Waals surface area contributed by atoms with Crippen LogP contribution in [0, 0.1) is 5.92 Å². The van der Waals surface area contributed by atoms with Crippen LogP contribution >= 0.6 is 0 Å². The fourth-order valence-corrected chi connectivity index (χ4v) is 4.05. The summed E-state index contributed by atoms with van der Waals surface area (Å²) >= 11 is 0. The Bertz CT molecular complexity index is 933. The number of carbonyl (C=O) groups excluding carboxylic acids is 2. The molecule has 0 unspecified atom stereocenters. The summed E-state index contributed by atoms with van der Waals surface area (Å²) in [5.41, 5.74) is 0.843. The van der Waals surface area contributed by atoms with E-state index in [1.54, 1.807) is 37.3 Å². The first kappa shape index (κ1) is 24.7. The molecule has 2 aromatic rings. The molecule has 33 heavy (non-hydrogen) atoms. The van der Waals surface area contributed by atoms with Gasteiger partial charge >= 0.3 is 0 Å². The van der Waals surface area contributed by atoms with E-state index in [-0.39, 0.29) is 29.7 Å². The van der Waals surface area contributed by atoms with Gasteiger partial charge in [-0.1, -0.05) is 19.0 Å². The number of hydrogen-bond acceptors (Lipinski definition) is 7. The van der Waals surface area contributed by atoms with Crippen LogP contribution in [0.4, 0.5) is 5.69 Å². The summed E-state index contributed by atoms with van der Waals surface area (Å²) < 4.78 is 16.8. The molecule has 0 bridgehead atoms. The summed E-state index contributed by atoms with van der Waals surface area (Å²) in [6, 6.07) is 6.70. The fraction of sp³-hybridized carbons (Fsp3) is 0.542. The number of nitrogens with zero attached hydrogens (tertiary/aromatic N) is 3. The molecule has 0 saturated carbocycles. The molecule has 0 radical (unpaired) electrons. The van der Waals surface area contributed by atoms with Gasteiger partial charge in [0.25, 0.3) is 11.8 Å². The van der Waals surface area contributed by atoms with Crippen molar-refractivity contribution < 1.29 is 23.6 Å². The lowest BCUT2D eigenvalue weighted by Gasteiger charge is -2.35. The third-order valence-electron chi connectivity index (χ3n) is 6.00. The number of rotatable bonds is 5. The quantitative estimate of drug-likeness (QED) is 0.735. The number of carbonyl (C=O) groups is 2. The molecular formula is C24H34N4O5. The number of aromatic nitrogens is 1. The van der Waals surface area contributed by atoms with Crippen LogP contribution in [0.3, 0.4) is 0 Å². The average Bonchev–Trinajstić information content (AvgIpc) is 3.35. The zero-order valence-corrected chi connectivity index (χ0v) is 20.0. The number of nitrogens with one attached hydrogen (secondary N) is 1. The molecule has 1 aromatic carbocycles. The maximum absolute atomic E-state index is 13.4. The van der Waals surface area contributed by atoms with Crippen molar-refractivity contribution in [1.82, 2.24) is 15.0 Å². The monoisotopic (exact) mass is 458 g/mol. The standard InChI is InChI=1S/C24H34N4O5/c1-6-11-28-13-16(2)22(31-5)14-27(4)24(30)19-12-18(7-8-20(19)32-15-17(28)3)26-23(29)21-9-10-25-33-21/h7-10,12,16-17,22H,6,11,13-15H2,1-5H3,(H,26,29)/t16-,17-,22+/m1/s1. The molecule has 9 heteroatoms. The van der Waals surface area contributed by atoms with Crippen LogP contribution in [0.25, 0.3) is 0 Å². The van der Waals surface area contributed by atoms with Crippen LogP contribution < -0.4 is 10.1 Å². The van der Waals surface area contributed by atoms with E-state index in [0.717, 1.165) is 19.5 Å². The van der Waals surface area contributed by atoms with Gasteiger partial charge < -0.3 is 24.2 Å². The van der Waals surface area contributed by atoms with Gasteiger partial charge in [0, 0.05) is 45.0 Å². The zero-order chi connectivity index (χ0) is 24.0. The van der Waals surface area contributed by atoms with Gasteiger partial charge in [0.2, 0.25) is 5.76 Å². The molecule has 3 rings (SSSR count). The average molecular weight is 459 g/mol. The molecule has 3 atom stereocenters. The van der Waals surface area contributed by atoms with Gasteiger partial charge in [-0.3, -0.25) is 14.5 Å². The number of amides is 2. The first-order chi connectivity index (χ1) is 15.8. The Morgan fingerprint density at radius 2 is 2.06 bits per heavy atom. The fourth-order valence-electron chi connectivity index (χ4n) is 4.05. The summed E-state index contributed by atoms with van der Waals surface area (Å²) in [4.78, 5) is 29.8. The van der Waals surface area contributed by atoms with Crippen molar-refractivity contribution in [2.24, 2.45) is 5.92 Å². The molecule has 9 nitrogen and oxygen atoms in total. The Labute approximate surface area is 195 Å². The van der Waals surface area contributed by atoms with Crippen LogP contribution in [0.2, 0.25) is 0 Å². The molecule has 0 aliphatic carbocycles. The van der Waals surface area contributed by atoms with Crippen LogP contribution in [0.15, 0.2) is 35.0 Å². The third-order valence-corrected chi connectivity index (χ3v) is 6.00. The minimum atomic E-state index is -0.445. The van der Waals surface area contributed by atoms with E-state index in [0.29, 0.717) is 30.2 Å². The van der Waals surface area contributed by atoms with Crippen molar-refractivity contribution in [2.45, 2.75) is 39.3 Å². The Hall–Kier alpha value is -2.91. The van der Waals surface area contributed by atoms with E-state index in [1.165, 1.54) is 12.3 Å². The predicted octanol–water partition coefficient (Wildman–Crippen LogP) is 3.14. The first-order valence-corrected chi connectivity index (χ1v) is 11.3. The second-order valence-electron chi connectivity index (χ2n) is 8.63. The molecule has 180 valence electrons. The summed E-state index contributed by atoms with van der Waals surface area (Å²) in [5.74, 6) is 0.151. The summed E-state index contributed by atoms with van der Waals surface area (Å²) in [7, 11) is 3.44. The first-order valence-electron chi connectivity index (χ1n) is 11.3. The smallest absolute Gasteiger partial charge is 0.294 e. The van der Waals surface area contributed by atoms with Gasteiger partial charge in [-0.25, -0.2) is 0 Å². The molecule has 1 aliphatic heterocycles. The minimum Gasteiger partial charge on any atom is -0.491 e. The normalized spacial score (nSPS) is 22.6. The number of hydrogen-bond donors (Lipinski definition) is 1. The zero-order valence-electron chi connectivity index (χ0n) is 20.0. The van der Waals surface area contributed by atoms with E-state index in [9.17, 15) is 9.59 Å². The Morgan fingerprint density at radius 3 is 2.73 bits per heavy atom. The van der Waals surface area contributed by atoms with E-state index in [2.05, 4.69) is 36.1 Å². The van der Waals surface area contributed by atoms with Crippen LogP contribution in [0.5, 0.6) is 5.75 Å². The molecule has 2 amide bonds. The number of anilines is 1. The topological polar surface area (TPSA) is 97.1 Å². The Morgan fingerprint density at radius 1 is 1.27 bits per heavy atom. The highest BCUT2D eigenvalue weighted by molar-refractivity contribution is 6.04. The van der Waals surface area contributed by atoms with E-state index in [1.807, 2.05) is 0 Å². The molecular weight excluding hydrogens is 424 g/mol. The van der Waals surface area contributed by atoms with E-state index >= 15 is 0 Å². The SMILES string of the molecule is CCCN1C[C@@H](C)[C@@H](OC)CN(C)C(=O)c2cc(NC(=O)c3ccno3)ccc2OC[C@H]1C. The van der Waals surface area contributed by atoms with Crippen molar-refractivity contribution in [3.05, 3.63) is 41.8 Å². The maximum Gasteiger partial charge on any atom is 0.294 e. The van der Waals surface area contributed by atoms with Crippen molar-refractivity contribution in [3.8, 4) is 5.75 Å². The largest absolute Gasteiger partial charge is 0.491 e. The van der Waals surface area contributed by atoms with Crippen molar-refractivity contribution >= 4 is 17.5 Å². The van der Waals surface area contributed by atoms with Gasteiger partial charge in [0.1, 0.15) is 12.4 Å².